The van der Waals surface area contributed by atoms with Crippen molar-refractivity contribution in [2.45, 2.75) is 38.8 Å². The molecule has 1 aromatic rings. The van der Waals surface area contributed by atoms with Crippen molar-refractivity contribution in [1.29, 1.82) is 0 Å². The molecule has 0 heterocycles. The Labute approximate surface area is 101 Å². The molecular formula is C13H19F2NO. The van der Waals surface area contributed by atoms with E-state index >= 15 is 0 Å². The van der Waals surface area contributed by atoms with Crippen LogP contribution in [0.3, 0.4) is 0 Å². The fourth-order valence-electron chi connectivity index (χ4n) is 1.65. The second kappa shape index (κ2) is 6.67. The summed E-state index contributed by atoms with van der Waals surface area (Å²) in [6.07, 6.45) is 2.03. The Morgan fingerprint density at radius 3 is 2.71 bits per heavy atom. The van der Waals surface area contributed by atoms with Crippen molar-refractivity contribution in [2.75, 3.05) is 6.61 Å². The standard InChI is InChI=1S/C13H19F2NO/c1-3-4-9(2)17-8-13(16)11-7-10(14)5-6-12(11)15/h5-7,9,13H,3-4,8,16H2,1-2H3. The summed E-state index contributed by atoms with van der Waals surface area (Å²) in [5.74, 6) is -0.982. The maximum atomic E-state index is 13.4. The monoisotopic (exact) mass is 243 g/mol. The molecule has 0 fully saturated rings. The van der Waals surface area contributed by atoms with Gasteiger partial charge in [0.05, 0.1) is 18.8 Å². The van der Waals surface area contributed by atoms with Gasteiger partial charge in [0.2, 0.25) is 0 Å². The van der Waals surface area contributed by atoms with Gasteiger partial charge < -0.3 is 10.5 Å². The van der Waals surface area contributed by atoms with Gasteiger partial charge in [-0.2, -0.15) is 0 Å². The normalized spacial score (nSPS) is 14.6. The van der Waals surface area contributed by atoms with Crippen LogP contribution in [0.5, 0.6) is 0 Å². The number of halogens is 2. The van der Waals surface area contributed by atoms with Crippen LogP contribution in [-0.2, 0) is 4.74 Å². The average molecular weight is 243 g/mol. The molecule has 1 aromatic carbocycles. The summed E-state index contributed by atoms with van der Waals surface area (Å²) in [6, 6.07) is 2.64. The highest BCUT2D eigenvalue weighted by Gasteiger charge is 2.14. The minimum Gasteiger partial charge on any atom is -0.377 e. The van der Waals surface area contributed by atoms with Crippen molar-refractivity contribution < 1.29 is 13.5 Å². The first-order chi connectivity index (χ1) is 8.04. The summed E-state index contributed by atoms with van der Waals surface area (Å²) in [4.78, 5) is 0. The third-order valence-electron chi connectivity index (χ3n) is 2.61. The lowest BCUT2D eigenvalue weighted by atomic mass is 10.1. The minimum absolute atomic E-state index is 0.0858. The van der Waals surface area contributed by atoms with E-state index in [9.17, 15) is 8.78 Å². The van der Waals surface area contributed by atoms with E-state index in [0.29, 0.717) is 0 Å². The topological polar surface area (TPSA) is 35.2 Å². The molecule has 0 amide bonds. The average Bonchev–Trinajstić information content (AvgIpc) is 2.29. The SMILES string of the molecule is CCCC(C)OCC(N)c1cc(F)ccc1F. The van der Waals surface area contributed by atoms with Crippen molar-refractivity contribution >= 4 is 0 Å². The molecule has 2 nitrogen and oxygen atoms in total. The zero-order chi connectivity index (χ0) is 12.8. The molecule has 96 valence electrons. The van der Waals surface area contributed by atoms with Crippen LogP contribution in [0.1, 0.15) is 38.3 Å². The maximum absolute atomic E-state index is 13.4. The highest BCUT2D eigenvalue weighted by atomic mass is 19.1. The lowest BCUT2D eigenvalue weighted by molar-refractivity contribution is 0.0498. The fraction of sp³-hybridized carbons (Fsp3) is 0.538. The second-order valence-electron chi connectivity index (χ2n) is 4.20. The Balaban J connectivity index is 2.57. The number of nitrogens with two attached hydrogens (primary N) is 1. The van der Waals surface area contributed by atoms with Gasteiger partial charge in [0.1, 0.15) is 11.6 Å². The van der Waals surface area contributed by atoms with Gasteiger partial charge in [-0.1, -0.05) is 13.3 Å². The first-order valence-electron chi connectivity index (χ1n) is 5.86. The number of rotatable bonds is 6. The van der Waals surface area contributed by atoms with E-state index in [2.05, 4.69) is 6.92 Å². The molecule has 0 spiro atoms. The summed E-state index contributed by atoms with van der Waals surface area (Å²) in [5.41, 5.74) is 5.94. The zero-order valence-electron chi connectivity index (χ0n) is 10.2. The van der Waals surface area contributed by atoms with Crippen LogP contribution < -0.4 is 5.73 Å². The zero-order valence-corrected chi connectivity index (χ0v) is 10.2. The molecule has 0 radical (unpaired) electrons. The Bertz CT molecular complexity index is 357. The summed E-state index contributed by atoms with van der Waals surface area (Å²) in [5, 5.41) is 0. The molecule has 0 aliphatic heterocycles. The maximum Gasteiger partial charge on any atom is 0.128 e. The van der Waals surface area contributed by atoms with Crippen LogP contribution in [0.25, 0.3) is 0 Å². The quantitative estimate of drug-likeness (QED) is 0.833. The highest BCUT2D eigenvalue weighted by molar-refractivity contribution is 5.22. The first kappa shape index (κ1) is 14.1. The van der Waals surface area contributed by atoms with Crippen LogP contribution >= 0.6 is 0 Å². The molecule has 2 unspecified atom stereocenters. The van der Waals surface area contributed by atoms with Crippen molar-refractivity contribution in [3.8, 4) is 0 Å². The number of hydrogen-bond donors (Lipinski definition) is 1. The smallest absolute Gasteiger partial charge is 0.128 e. The van der Waals surface area contributed by atoms with Gasteiger partial charge in [0.25, 0.3) is 0 Å². The molecule has 0 saturated carbocycles. The molecule has 0 saturated heterocycles. The predicted molar refractivity (Wildman–Crippen MR) is 63.6 cm³/mol. The van der Waals surface area contributed by atoms with E-state index in [1.165, 1.54) is 0 Å². The molecule has 0 bridgehead atoms. The Morgan fingerprint density at radius 2 is 2.06 bits per heavy atom. The molecule has 0 aromatic heterocycles. The van der Waals surface area contributed by atoms with Crippen LogP contribution in [0.15, 0.2) is 18.2 Å². The van der Waals surface area contributed by atoms with Gasteiger partial charge in [-0.25, -0.2) is 8.78 Å². The molecule has 4 heteroatoms. The summed E-state index contributed by atoms with van der Waals surface area (Å²) in [7, 11) is 0. The fourth-order valence-corrected chi connectivity index (χ4v) is 1.65. The highest BCUT2D eigenvalue weighted by Crippen LogP contribution is 2.17. The van der Waals surface area contributed by atoms with Gasteiger partial charge in [0, 0.05) is 5.56 Å². The van der Waals surface area contributed by atoms with Crippen molar-refractivity contribution in [3.05, 3.63) is 35.4 Å². The second-order valence-corrected chi connectivity index (χ2v) is 4.20. The third kappa shape index (κ3) is 4.40. The first-order valence-corrected chi connectivity index (χ1v) is 5.86. The molecule has 1 rings (SSSR count). The van der Waals surface area contributed by atoms with Crippen LogP contribution in [0.2, 0.25) is 0 Å². The molecule has 2 atom stereocenters. The molecule has 2 N–H and O–H groups in total. The van der Waals surface area contributed by atoms with Gasteiger partial charge in [-0.3, -0.25) is 0 Å². The summed E-state index contributed by atoms with van der Waals surface area (Å²) >= 11 is 0. The van der Waals surface area contributed by atoms with E-state index in [1.54, 1.807) is 0 Å². The predicted octanol–water partition coefficient (Wildman–Crippen LogP) is 3.17. The van der Waals surface area contributed by atoms with Crippen LogP contribution in [0, 0.1) is 11.6 Å². The van der Waals surface area contributed by atoms with Crippen LogP contribution in [0.4, 0.5) is 8.78 Å². The van der Waals surface area contributed by atoms with Gasteiger partial charge in [-0.15, -0.1) is 0 Å². The van der Waals surface area contributed by atoms with Crippen molar-refractivity contribution in [2.24, 2.45) is 5.73 Å². The number of hydrogen-bond acceptors (Lipinski definition) is 2. The number of benzene rings is 1. The summed E-state index contributed by atoms with van der Waals surface area (Å²) < 4.78 is 31.8. The molecule has 17 heavy (non-hydrogen) atoms. The lowest BCUT2D eigenvalue weighted by Crippen LogP contribution is -2.22. The Kier molecular flexibility index (Phi) is 5.51. The third-order valence-corrected chi connectivity index (χ3v) is 2.61. The van der Waals surface area contributed by atoms with Crippen LogP contribution in [-0.4, -0.2) is 12.7 Å². The number of ether oxygens (including phenoxy) is 1. The van der Waals surface area contributed by atoms with Gasteiger partial charge in [-0.05, 0) is 31.5 Å². The molecule has 0 aliphatic rings. The van der Waals surface area contributed by atoms with Gasteiger partial charge in [0.15, 0.2) is 0 Å². The van der Waals surface area contributed by atoms with Gasteiger partial charge >= 0.3 is 0 Å². The van der Waals surface area contributed by atoms with E-state index in [4.69, 9.17) is 10.5 Å². The largest absolute Gasteiger partial charge is 0.377 e. The lowest BCUT2D eigenvalue weighted by Gasteiger charge is -2.17. The van der Waals surface area contributed by atoms with Crippen molar-refractivity contribution in [1.82, 2.24) is 0 Å². The Hall–Kier alpha value is -1.00. The Morgan fingerprint density at radius 1 is 1.35 bits per heavy atom. The summed E-state index contributed by atoms with van der Waals surface area (Å²) in [6.45, 7) is 4.20. The van der Waals surface area contributed by atoms with E-state index in [0.717, 1.165) is 31.0 Å². The van der Waals surface area contributed by atoms with E-state index in [1.807, 2.05) is 6.92 Å². The van der Waals surface area contributed by atoms with E-state index in [-0.39, 0.29) is 18.3 Å². The van der Waals surface area contributed by atoms with E-state index < -0.39 is 17.7 Å². The van der Waals surface area contributed by atoms with Crippen molar-refractivity contribution in [3.63, 3.8) is 0 Å². The molecule has 0 aliphatic carbocycles. The minimum atomic E-state index is -0.634. The molecular weight excluding hydrogens is 224 g/mol.